The van der Waals surface area contributed by atoms with E-state index < -0.39 is 17.8 Å². The van der Waals surface area contributed by atoms with Crippen molar-refractivity contribution in [1.29, 1.82) is 0 Å². The van der Waals surface area contributed by atoms with E-state index in [2.05, 4.69) is 15.2 Å². The minimum Gasteiger partial charge on any atom is -0.465 e. The Morgan fingerprint density at radius 2 is 1.74 bits per heavy atom. The molecule has 31 heavy (non-hydrogen) atoms. The monoisotopic (exact) mass is 423 g/mol. The Labute approximate surface area is 178 Å². The summed E-state index contributed by atoms with van der Waals surface area (Å²) in [4.78, 5) is 42.5. The lowest BCUT2D eigenvalue weighted by Gasteiger charge is -2.33. The van der Waals surface area contributed by atoms with E-state index in [-0.39, 0.29) is 0 Å². The molecule has 1 fully saturated rings. The van der Waals surface area contributed by atoms with E-state index in [4.69, 9.17) is 5.11 Å². The van der Waals surface area contributed by atoms with Gasteiger partial charge in [-0.25, -0.2) is 19.0 Å². The summed E-state index contributed by atoms with van der Waals surface area (Å²) < 4.78 is 1.13. The van der Waals surface area contributed by atoms with E-state index in [9.17, 15) is 14.4 Å². The van der Waals surface area contributed by atoms with E-state index >= 15 is 0 Å². The molecule has 162 valence electrons. The molecule has 0 spiro atoms. The van der Waals surface area contributed by atoms with Gasteiger partial charge in [-0.15, -0.1) is 0 Å². The Hall–Kier alpha value is -3.59. The highest BCUT2D eigenvalue weighted by Crippen LogP contribution is 2.14. The molecule has 3 aromatic rings. The molecular formula is C22H25N5O4. The highest BCUT2D eigenvalue weighted by Gasteiger charge is 2.20. The van der Waals surface area contributed by atoms with Crippen molar-refractivity contribution in [3.05, 3.63) is 70.1 Å². The summed E-state index contributed by atoms with van der Waals surface area (Å²) in [5.74, 6) is 0. The van der Waals surface area contributed by atoms with Gasteiger partial charge in [0.25, 0.3) is 0 Å². The molecule has 0 aliphatic carbocycles. The Morgan fingerprint density at radius 1 is 1.00 bits per heavy atom. The summed E-state index contributed by atoms with van der Waals surface area (Å²) in [6.45, 7) is 3.53. The van der Waals surface area contributed by atoms with E-state index in [1.165, 1.54) is 4.90 Å². The van der Waals surface area contributed by atoms with Gasteiger partial charge in [0.05, 0.1) is 11.0 Å². The lowest BCUT2D eigenvalue weighted by molar-refractivity contribution is 0.106. The number of fused-ring (bicyclic) bond motifs is 1. The number of rotatable bonds is 5. The molecule has 1 saturated heterocycles. The van der Waals surface area contributed by atoms with Gasteiger partial charge in [-0.3, -0.25) is 4.90 Å². The Morgan fingerprint density at radius 3 is 2.45 bits per heavy atom. The molecule has 3 N–H and O–H groups in total. The fourth-order valence-electron chi connectivity index (χ4n) is 3.81. The number of carboxylic acid groups (broad SMARTS) is 1. The standard InChI is InChI=1S/C22H25N5O4/c28-20(23-15-17-4-2-1-3-5-17)27-19-14-16(6-7-18(19)24-21(27)29)8-9-25-10-12-26(13-11-25)22(30)31/h1-7,14H,8-13,15H2,(H,23,28)(H,24,29)(H,30,31). The summed E-state index contributed by atoms with van der Waals surface area (Å²) >= 11 is 0. The highest BCUT2D eigenvalue weighted by atomic mass is 16.4. The van der Waals surface area contributed by atoms with Crippen LogP contribution in [0.3, 0.4) is 0 Å². The van der Waals surface area contributed by atoms with Gasteiger partial charge in [0.15, 0.2) is 0 Å². The number of benzene rings is 2. The summed E-state index contributed by atoms with van der Waals surface area (Å²) in [7, 11) is 0. The van der Waals surface area contributed by atoms with Crippen LogP contribution >= 0.6 is 0 Å². The van der Waals surface area contributed by atoms with Crippen LogP contribution in [0.4, 0.5) is 9.59 Å². The number of imidazole rings is 1. The van der Waals surface area contributed by atoms with Crippen LogP contribution in [0.25, 0.3) is 11.0 Å². The maximum atomic E-state index is 12.7. The molecule has 1 aromatic heterocycles. The molecule has 2 amide bonds. The van der Waals surface area contributed by atoms with Crippen LogP contribution in [0.2, 0.25) is 0 Å². The van der Waals surface area contributed by atoms with Gasteiger partial charge in [0.1, 0.15) is 0 Å². The van der Waals surface area contributed by atoms with Gasteiger partial charge in [-0.05, 0) is 29.7 Å². The quantitative estimate of drug-likeness (QED) is 0.581. The van der Waals surface area contributed by atoms with Crippen LogP contribution in [0.5, 0.6) is 0 Å². The maximum Gasteiger partial charge on any atom is 0.407 e. The third-order valence-corrected chi connectivity index (χ3v) is 5.60. The smallest absolute Gasteiger partial charge is 0.407 e. The van der Waals surface area contributed by atoms with Gasteiger partial charge in [0, 0.05) is 39.3 Å². The van der Waals surface area contributed by atoms with Gasteiger partial charge in [0.2, 0.25) is 0 Å². The number of nitrogens with one attached hydrogen (secondary N) is 2. The van der Waals surface area contributed by atoms with Crippen molar-refractivity contribution >= 4 is 23.2 Å². The average Bonchev–Trinajstić information content (AvgIpc) is 3.12. The predicted octanol–water partition coefficient (Wildman–Crippen LogP) is 1.93. The zero-order valence-corrected chi connectivity index (χ0v) is 17.1. The largest absolute Gasteiger partial charge is 0.465 e. The van der Waals surface area contributed by atoms with E-state index in [1.807, 2.05) is 48.5 Å². The average molecular weight is 423 g/mol. The Balaban J connectivity index is 1.43. The molecule has 0 unspecified atom stereocenters. The van der Waals surface area contributed by atoms with Crippen LogP contribution in [0, 0.1) is 0 Å². The van der Waals surface area contributed by atoms with Crippen LogP contribution < -0.4 is 11.0 Å². The molecule has 4 rings (SSSR count). The third-order valence-electron chi connectivity index (χ3n) is 5.60. The summed E-state index contributed by atoms with van der Waals surface area (Å²) in [5.41, 5.74) is 2.65. The van der Waals surface area contributed by atoms with Gasteiger partial charge in [-0.2, -0.15) is 0 Å². The van der Waals surface area contributed by atoms with Crippen LogP contribution in [-0.2, 0) is 13.0 Å². The Kier molecular flexibility index (Phi) is 6.03. The van der Waals surface area contributed by atoms with Crippen LogP contribution in [0.15, 0.2) is 53.3 Å². The van der Waals surface area contributed by atoms with Gasteiger partial charge >= 0.3 is 17.8 Å². The summed E-state index contributed by atoms with van der Waals surface area (Å²) in [6, 6.07) is 14.7. The number of amides is 2. The normalized spacial score (nSPS) is 14.6. The van der Waals surface area contributed by atoms with Crippen LogP contribution in [-0.4, -0.2) is 69.3 Å². The lowest BCUT2D eigenvalue weighted by Crippen LogP contribution is -2.48. The molecule has 0 atom stereocenters. The number of H-pyrrole nitrogens is 1. The number of carbonyl (C=O) groups is 2. The van der Waals surface area contributed by atoms with Gasteiger partial charge < -0.3 is 20.3 Å². The number of aromatic amines is 1. The van der Waals surface area contributed by atoms with E-state index in [0.717, 1.165) is 28.7 Å². The molecule has 9 heteroatoms. The molecule has 0 saturated carbocycles. The van der Waals surface area contributed by atoms with Crippen molar-refractivity contribution in [2.75, 3.05) is 32.7 Å². The molecule has 0 bridgehead atoms. The predicted molar refractivity (Wildman–Crippen MR) is 116 cm³/mol. The van der Waals surface area contributed by atoms with Crippen molar-refractivity contribution in [2.45, 2.75) is 13.0 Å². The number of nitrogens with zero attached hydrogens (tertiary/aromatic N) is 3. The first-order valence-electron chi connectivity index (χ1n) is 10.3. The van der Waals surface area contributed by atoms with Crippen molar-refractivity contribution < 1.29 is 14.7 Å². The molecule has 1 aliphatic heterocycles. The fourth-order valence-corrected chi connectivity index (χ4v) is 3.81. The molecule has 9 nitrogen and oxygen atoms in total. The van der Waals surface area contributed by atoms with Crippen molar-refractivity contribution in [1.82, 2.24) is 24.7 Å². The zero-order valence-electron chi connectivity index (χ0n) is 17.1. The molecule has 2 aromatic carbocycles. The second-order valence-electron chi connectivity index (χ2n) is 7.62. The first-order valence-corrected chi connectivity index (χ1v) is 10.3. The summed E-state index contributed by atoms with van der Waals surface area (Å²) in [6.07, 6.45) is -0.130. The minimum atomic E-state index is -0.874. The van der Waals surface area contributed by atoms with Crippen molar-refractivity contribution in [3.63, 3.8) is 0 Å². The second kappa shape index (κ2) is 9.05. The maximum absolute atomic E-state index is 12.7. The first kappa shape index (κ1) is 20.7. The third kappa shape index (κ3) is 4.77. The van der Waals surface area contributed by atoms with Gasteiger partial charge in [-0.1, -0.05) is 36.4 Å². The summed E-state index contributed by atoms with van der Waals surface area (Å²) in [5, 5.41) is 11.8. The zero-order chi connectivity index (χ0) is 21.8. The first-order chi connectivity index (χ1) is 15.0. The lowest BCUT2D eigenvalue weighted by atomic mass is 10.1. The highest BCUT2D eigenvalue weighted by molar-refractivity contribution is 5.89. The Bertz CT molecular complexity index is 1130. The second-order valence-corrected chi connectivity index (χ2v) is 7.62. The SMILES string of the molecule is O=C(O)N1CCN(CCc2ccc3[nH]c(=O)n(C(=O)NCc4ccccc4)c3c2)CC1. The van der Waals surface area contributed by atoms with Crippen molar-refractivity contribution in [2.24, 2.45) is 0 Å². The topological polar surface area (TPSA) is 111 Å². The minimum absolute atomic E-state index is 0.334. The molecule has 2 heterocycles. The fraction of sp³-hybridized carbons (Fsp3) is 0.318. The van der Waals surface area contributed by atoms with E-state index in [1.54, 1.807) is 0 Å². The number of hydrogen-bond acceptors (Lipinski definition) is 4. The van der Waals surface area contributed by atoms with Crippen LogP contribution in [0.1, 0.15) is 11.1 Å². The molecular weight excluding hydrogens is 398 g/mol. The van der Waals surface area contributed by atoms with Crippen molar-refractivity contribution in [3.8, 4) is 0 Å². The molecule has 1 aliphatic rings. The number of hydrogen-bond donors (Lipinski definition) is 3. The van der Waals surface area contributed by atoms with E-state index in [0.29, 0.717) is 43.8 Å². The molecule has 0 radical (unpaired) electrons. The number of carbonyl (C=O) groups excluding carboxylic acids is 1. The number of aromatic nitrogens is 2. The number of piperazine rings is 1.